The monoisotopic (exact) mass is 289 g/mol. The molecule has 0 saturated heterocycles. The van der Waals surface area contributed by atoms with Crippen LogP contribution < -0.4 is 0 Å². The number of benzene rings is 1. The van der Waals surface area contributed by atoms with E-state index in [-0.39, 0.29) is 12.1 Å². The van der Waals surface area contributed by atoms with Crippen molar-refractivity contribution in [3.8, 4) is 0 Å². The number of carboxylic acid groups (broad SMARTS) is 1. The second kappa shape index (κ2) is 6.12. The summed E-state index contributed by atoms with van der Waals surface area (Å²) in [6.07, 6.45) is 0.613. The fourth-order valence-electron chi connectivity index (χ4n) is 1.68. The lowest BCUT2D eigenvalue weighted by atomic mass is 10.2. The number of halogens is 1. The zero-order valence-corrected chi connectivity index (χ0v) is 11.6. The number of nitrogens with zero attached hydrogens (tertiary/aromatic N) is 1. The molecular formula is C12H16FNO4S. The molecule has 1 rings (SSSR count). The van der Waals surface area contributed by atoms with Crippen molar-refractivity contribution in [2.24, 2.45) is 0 Å². The molecule has 0 aliphatic heterocycles. The molecular weight excluding hydrogens is 273 g/mol. The first-order chi connectivity index (χ1) is 8.84. The van der Waals surface area contributed by atoms with Gasteiger partial charge in [0.1, 0.15) is 10.7 Å². The largest absolute Gasteiger partial charge is 0.478 e. The van der Waals surface area contributed by atoms with Crippen LogP contribution in [0.3, 0.4) is 0 Å². The van der Waals surface area contributed by atoms with Crippen LogP contribution >= 0.6 is 0 Å². The molecule has 1 N–H and O–H groups in total. The molecule has 5 nitrogen and oxygen atoms in total. The van der Waals surface area contributed by atoms with Gasteiger partial charge in [-0.2, -0.15) is 4.31 Å². The molecule has 1 aromatic rings. The van der Waals surface area contributed by atoms with Gasteiger partial charge in [0.25, 0.3) is 0 Å². The Morgan fingerprint density at radius 2 is 2.00 bits per heavy atom. The Morgan fingerprint density at radius 3 is 2.42 bits per heavy atom. The van der Waals surface area contributed by atoms with Crippen molar-refractivity contribution in [1.29, 1.82) is 0 Å². The molecule has 0 aliphatic carbocycles. The van der Waals surface area contributed by atoms with Crippen molar-refractivity contribution in [3.63, 3.8) is 0 Å². The van der Waals surface area contributed by atoms with Crippen LogP contribution in [0, 0.1) is 5.82 Å². The third-order valence-electron chi connectivity index (χ3n) is 2.62. The molecule has 0 fully saturated rings. The van der Waals surface area contributed by atoms with E-state index in [0.29, 0.717) is 13.0 Å². The Morgan fingerprint density at radius 1 is 1.37 bits per heavy atom. The number of rotatable bonds is 6. The predicted octanol–water partition coefficient (Wildman–Crippen LogP) is 1.94. The lowest BCUT2D eigenvalue weighted by molar-refractivity contribution is 0.0696. The van der Waals surface area contributed by atoms with Crippen LogP contribution in [0.5, 0.6) is 0 Å². The van der Waals surface area contributed by atoms with Crippen molar-refractivity contribution in [2.45, 2.75) is 25.2 Å². The standard InChI is InChI=1S/C12H16FNO4S/c1-3-7-14(4-2)19(17,18)11-6-5-9(12(15)16)8-10(11)13/h5-6,8H,3-4,7H2,1-2H3,(H,15,16). The van der Waals surface area contributed by atoms with Gasteiger partial charge >= 0.3 is 5.97 Å². The van der Waals surface area contributed by atoms with Crippen LogP contribution in [-0.4, -0.2) is 36.9 Å². The zero-order valence-electron chi connectivity index (χ0n) is 10.8. The van der Waals surface area contributed by atoms with E-state index < -0.39 is 26.7 Å². The Balaban J connectivity index is 3.25. The van der Waals surface area contributed by atoms with Crippen LogP contribution in [0.1, 0.15) is 30.6 Å². The highest BCUT2D eigenvalue weighted by Crippen LogP contribution is 2.20. The molecule has 7 heteroatoms. The highest BCUT2D eigenvalue weighted by Gasteiger charge is 2.26. The summed E-state index contributed by atoms with van der Waals surface area (Å²) in [5.41, 5.74) is -0.282. The van der Waals surface area contributed by atoms with Gasteiger partial charge in [-0.05, 0) is 24.6 Å². The first kappa shape index (κ1) is 15.6. The number of aromatic carboxylic acids is 1. The van der Waals surface area contributed by atoms with Gasteiger partial charge in [0.15, 0.2) is 0 Å². The van der Waals surface area contributed by atoms with Crippen molar-refractivity contribution in [2.75, 3.05) is 13.1 Å². The lowest BCUT2D eigenvalue weighted by Crippen LogP contribution is -2.32. The maximum absolute atomic E-state index is 13.8. The van der Waals surface area contributed by atoms with Crippen molar-refractivity contribution in [1.82, 2.24) is 4.31 Å². The smallest absolute Gasteiger partial charge is 0.335 e. The average molecular weight is 289 g/mol. The molecule has 0 saturated carbocycles. The zero-order chi connectivity index (χ0) is 14.6. The number of carbonyl (C=O) groups is 1. The summed E-state index contributed by atoms with van der Waals surface area (Å²) in [7, 11) is -3.92. The molecule has 0 aliphatic rings. The van der Waals surface area contributed by atoms with Gasteiger partial charge in [0.2, 0.25) is 10.0 Å². The van der Waals surface area contributed by atoms with Crippen LogP contribution in [0.2, 0.25) is 0 Å². The fourth-order valence-corrected chi connectivity index (χ4v) is 3.27. The molecule has 0 heterocycles. The van der Waals surface area contributed by atoms with E-state index in [9.17, 15) is 17.6 Å². The quantitative estimate of drug-likeness (QED) is 0.868. The van der Waals surface area contributed by atoms with Gasteiger partial charge in [0, 0.05) is 13.1 Å². The highest BCUT2D eigenvalue weighted by atomic mass is 32.2. The normalized spacial score (nSPS) is 11.8. The average Bonchev–Trinajstić information content (AvgIpc) is 2.35. The van der Waals surface area contributed by atoms with Crippen molar-refractivity contribution in [3.05, 3.63) is 29.6 Å². The van der Waals surface area contributed by atoms with Crippen molar-refractivity contribution < 1.29 is 22.7 Å². The van der Waals surface area contributed by atoms with E-state index >= 15 is 0 Å². The van der Waals surface area contributed by atoms with E-state index in [1.807, 2.05) is 6.92 Å². The minimum Gasteiger partial charge on any atom is -0.478 e. The number of sulfonamides is 1. The number of hydrogen-bond donors (Lipinski definition) is 1. The SMILES string of the molecule is CCCN(CC)S(=O)(=O)c1ccc(C(=O)O)cc1F. The molecule has 0 radical (unpaired) electrons. The van der Waals surface area contributed by atoms with Gasteiger partial charge in [-0.15, -0.1) is 0 Å². The van der Waals surface area contributed by atoms with Gasteiger partial charge in [-0.3, -0.25) is 0 Å². The molecule has 0 atom stereocenters. The summed E-state index contributed by atoms with van der Waals surface area (Å²) in [5.74, 6) is -2.35. The van der Waals surface area contributed by atoms with Crippen LogP contribution in [-0.2, 0) is 10.0 Å². The van der Waals surface area contributed by atoms with E-state index in [2.05, 4.69) is 0 Å². The molecule has 0 aromatic heterocycles. The third-order valence-corrected chi connectivity index (χ3v) is 4.63. The first-order valence-corrected chi connectivity index (χ1v) is 7.31. The van der Waals surface area contributed by atoms with Crippen LogP contribution in [0.4, 0.5) is 4.39 Å². The second-order valence-electron chi connectivity index (χ2n) is 3.95. The van der Waals surface area contributed by atoms with Gasteiger partial charge in [-0.1, -0.05) is 13.8 Å². The van der Waals surface area contributed by atoms with E-state index in [4.69, 9.17) is 5.11 Å². The van der Waals surface area contributed by atoms with Crippen LogP contribution in [0.25, 0.3) is 0 Å². The van der Waals surface area contributed by atoms with E-state index in [1.165, 1.54) is 0 Å². The summed E-state index contributed by atoms with van der Waals surface area (Å²) in [6, 6.07) is 2.79. The minimum absolute atomic E-state index is 0.232. The summed E-state index contributed by atoms with van der Waals surface area (Å²) in [6.45, 7) is 4.01. The van der Waals surface area contributed by atoms with E-state index in [1.54, 1.807) is 6.92 Å². The second-order valence-corrected chi connectivity index (χ2v) is 5.85. The summed E-state index contributed by atoms with van der Waals surface area (Å²) >= 11 is 0. The summed E-state index contributed by atoms with van der Waals surface area (Å²) in [5, 5.41) is 8.72. The maximum Gasteiger partial charge on any atom is 0.335 e. The molecule has 0 unspecified atom stereocenters. The molecule has 0 bridgehead atoms. The predicted molar refractivity (Wildman–Crippen MR) is 68.1 cm³/mol. The molecule has 1 aromatic carbocycles. The van der Waals surface area contributed by atoms with Crippen molar-refractivity contribution >= 4 is 16.0 Å². The molecule has 0 spiro atoms. The van der Waals surface area contributed by atoms with E-state index in [0.717, 1.165) is 22.5 Å². The number of hydrogen-bond acceptors (Lipinski definition) is 3. The third kappa shape index (κ3) is 3.30. The minimum atomic E-state index is -3.92. The molecule has 0 amide bonds. The molecule has 19 heavy (non-hydrogen) atoms. The molecule has 106 valence electrons. The Labute approximate surface area is 111 Å². The Kier molecular flexibility index (Phi) is 5.02. The Hall–Kier alpha value is -1.47. The lowest BCUT2D eigenvalue weighted by Gasteiger charge is -2.20. The van der Waals surface area contributed by atoms with Gasteiger partial charge in [0.05, 0.1) is 5.56 Å². The number of carboxylic acids is 1. The van der Waals surface area contributed by atoms with Gasteiger partial charge in [-0.25, -0.2) is 17.6 Å². The maximum atomic E-state index is 13.8. The van der Waals surface area contributed by atoms with Crippen LogP contribution in [0.15, 0.2) is 23.1 Å². The topological polar surface area (TPSA) is 74.7 Å². The Bertz CT molecular complexity index is 571. The summed E-state index contributed by atoms with van der Waals surface area (Å²) < 4.78 is 39.3. The highest BCUT2D eigenvalue weighted by molar-refractivity contribution is 7.89. The van der Waals surface area contributed by atoms with Gasteiger partial charge < -0.3 is 5.11 Å². The fraction of sp³-hybridized carbons (Fsp3) is 0.417. The summed E-state index contributed by atoms with van der Waals surface area (Å²) in [4.78, 5) is 10.2. The first-order valence-electron chi connectivity index (χ1n) is 5.87.